The molecule has 136 valence electrons. The number of halogens is 2. The van der Waals surface area contributed by atoms with Crippen LogP contribution in [0.5, 0.6) is 0 Å². The largest absolute Gasteiger partial charge is 0.339 e. The van der Waals surface area contributed by atoms with Gasteiger partial charge in [0.2, 0.25) is 11.7 Å². The first kappa shape index (κ1) is 17.7. The van der Waals surface area contributed by atoms with Gasteiger partial charge in [-0.25, -0.2) is 0 Å². The van der Waals surface area contributed by atoms with E-state index in [0.29, 0.717) is 16.2 Å². The van der Waals surface area contributed by atoms with Crippen molar-refractivity contribution < 1.29 is 18.1 Å². The SMILES string of the molecule is Cc1cccc(-c2noc([C@H](C)NC(=O)c3cc(C)nn3C(F)F)n2)c1. The molecule has 0 fully saturated rings. The Labute approximate surface area is 148 Å². The molecule has 1 atom stereocenters. The van der Waals surface area contributed by atoms with Crippen LogP contribution in [0.15, 0.2) is 34.9 Å². The summed E-state index contributed by atoms with van der Waals surface area (Å²) in [5, 5.41) is 10.1. The van der Waals surface area contributed by atoms with Crippen LogP contribution >= 0.6 is 0 Å². The number of carbonyl (C=O) groups is 1. The van der Waals surface area contributed by atoms with Crippen molar-refractivity contribution in [3.63, 3.8) is 0 Å². The molecule has 26 heavy (non-hydrogen) atoms. The Kier molecular flexibility index (Phi) is 4.79. The van der Waals surface area contributed by atoms with E-state index in [-0.39, 0.29) is 11.6 Å². The third-order valence-corrected chi connectivity index (χ3v) is 3.71. The van der Waals surface area contributed by atoms with Crippen LogP contribution in [0, 0.1) is 13.8 Å². The minimum atomic E-state index is -2.91. The number of alkyl halides is 2. The van der Waals surface area contributed by atoms with Gasteiger partial charge in [-0.3, -0.25) is 4.79 Å². The lowest BCUT2D eigenvalue weighted by atomic mass is 10.1. The minimum Gasteiger partial charge on any atom is -0.339 e. The Balaban J connectivity index is 1.76. The molecular weight excluding hydrogens is 344 g/mol. The molecule has 9 heteroatoms. The van der Waals surface area contributed by atoms with Crippen molar-refractivity contribution in [2.45, 2.75) is 33.4 Å². The molecule has 0 saturated carbocycles. The monoisotopic (exact) mass is 361 g/mol. The fourth-order valence-electron chi connectivity index (χ4n) is 2.48. The number of hydrogen-bond donors (Lipinski definition) is 1. The lowest BCUT2D eigenvalue weighted by molar-refractivity contribution is 0.0504. The van der Waals surface area contributed by atoms with Crippen molar-refractivity contribution in [2.75, 3.05) is 0 Å². The zero-order valence-electron chi connectivity index (χ0n) is 14.4. The zero-order valence-corrected chi connectivity index (χ0v) is 14.4. The minimum absolute atomic E-state index is 0.176. The van der Waals surface area contributed by atoms with E-state index in [9.17, 15) is 13.6 Å². The van der Waals surface area contributed by atoms with Crippen molar-refractivity contribution in [2.24, 2.45) is 0 Å². The van der Waals surface area contributed by atoms with E-state index in [4.69, 9.17) is 4.52 Å². The predicted octanol–water partition coefficient (Wildman–Crippen LogP) is 3.44. The first-order chi connectivity index (χ1) is 12.3. The van der Waals surface area contributed by atoms with E-state index in [2.05, 4.69) is 20.6 Å². The summed E-state index contributed by atoms with van der Waals surface area (Å²) < 4.78 is 31.5. The Bertz CT molecular complexity index is 935. The van der Waals surface area contributed by atoms with Gasteiger partial charge < -0.3 is 9.84 Å². The second-order valence-corrected chi connectivity index (χ2v) is 5.91. The van der Waals surface area contributed by atoms with Gasteiger partial charge in [0.05, 0.1) is 5.69 Å². The number of amides is 1. The fourth-order valence-corrected chi connectivity index (χ4v) is 2.48. The molecule has 0 saturated heterocycles. The summed E-state index contributed by atoms with van der Waals surface area (Å²) in [4.78, 5) is 16.6. The number of rotatable bonds is 5. The molecule has 3 aromatic rings. The zero-order chi connectivity index (χ0) is 18.8. The summed E-state index contributed by atoms with van der Waals surface area (Å²) in [7, 11) is 0. The molecule has 0 radical (unpaired) electrons. The molecule has 3 rings (SSSR count). The number of nitrogens with one attached hydrogen (secondary N) is 1. The number of aryl methyl sites for hydroxylation is 2. The van der Waals surface area contributed by atoms with Gasteiger partial charge >= 0.3 is 6.55 Å². The second kappa shape index (κ2) is 7.03. The summed E-state index contributed by atoms with van der Waals surface area (Å²) in [5.41, 5.74) is 1.92. The maximum Gasteiger partial charge on any atom is 0.333 e. The second-order valence-electron chi connectivity index (χ2n) is 5.91. The highest BCUT2D eigenvalue weighted by Gasteiger charge is 2.23. The fraction of sp³-hybridized carbons (Fsp3) is 0.294. The summed E-state index contributed by atoms with van der Waals surface area (Å²) in [6.45, 7) is 2.20. The molecule has 1 N–H and O–H groups in total. The Hall–Kier alpha value is -3.10. The van der Waals surface area contributed by atoms with Gasteiger partial charge in [0.15, 0.2) is 0 Å². The molecule has 2 aromatic heterocycles. The van der Waals surface area contributed by atoms with Crippen LogP contribution in [0.3, 0.4) is 0 Å². The van der Waals surface area contributed by atoms with Crippen molar-refractivity contribution in [1.29, 1.82) is 0 Å². The van der Waals surface area contributed by atoms with E-state index < -0.39 is 18.5 Å². The van der Waals surface area contributed by atoms with E-state index >= 15 is 0 Å². The summed E-state index contributed by atoms with van der Waals surface area (Å²) >= 11 is 0. The smallest absolute Gasteiger partial charge is 0.333 e. The molecule has 2 heterocycles. The van der Waals surface area contributed by atoms with Crippen LogP contribution in [0.2, 0.25) is 0 Å². The topological polar surface area (TPSA) is 85.8 Å². The number of benzene rings is 1. The maximum atomic E-state index is 13.0. The summed E-state index contributed by atoms with van der Waals surface area (Å²) in [5.74, 6) is -0.137. The average Bonchev–Trinajstić information content (AvgIpc) is 3.21. The van der Waals surface area contributed by atoms with Crippen LogP contribution in [-0.4, -0.2) is 25.8 Å². The molecule has 7 nitrogen and oxygen atoms in total. The lowest BCUT2D eigenvalue weighted by Crippen LogP contribution is -2.29. The molecule has 1 aromatic carbocycles. The molecule has 0 aliphatic rings. The standard InChI is InChI=1S/C17H17F2N5O2/c1-9-5-4-6-12(7-9)14-21-16(26-23-14)11(3)20-15(25)13-8-10(2)22-24(13)17(18)19/h4-8,11,17H,1-3H3,(H,20,25)/t11-/m0/s1. The van der Waals surface area contributed by atoms with Crippen molar-refractivity contribution in [3.8, 4) is 11.4 Å². The molecule has 0 aliphatic carbocycles. The Morgan fingerprint density at radius 3 is 2.73 bits per heavy atom. The molecule has 0 bridgehead atoms. The molecule has 0 spiro atoms. The summed E-state index contributed by atoms with van der Waals surface area (Å²) in [6.07, 6.45) is 0. The first-order valence-electron chi connectivity index (χ1n) is 7.91. The quantitative estimate of drug-likeness (QED) is 0.752. The third-order valence-electron chi connectivity index (χ3n) is 3.71. The van der Waals surface area contributed by atoms with Crippen LogP contribution in [-0.2, 0) is 0 Å². The van der Waals surface area contributed by atoms with E-state index in [1.54, 1.807) is 6.92 Å². The molecule has 1 amide bonds. The predicted molar refractivity (Wildman–Crippen MR) is 88.6 cm³/mol. The highest BCUT2D eigenvalue weighted by atomic mass is 19.3. The van der Waals surface area contributed by atoms with Crippen LogP contribution < -0.4 is 5.32 Å². The average molecular weight is 361 g/mol. The van der Waals surface area contributed by atoms with Crippen molar-refractivity contribution in [3.05, 3.63) is 53.2 Å². The van der Waals surface area contributed by atoms with Crippen LogP contribution in [0.4, 0.5) is 8.78 Å². The van der Waals surface area contributed by atoms with Crippen LogP contribution in [0.1, 0.15) is 47.2 Å². The highest BCUT2D eigenvalue weighted by molar-refractivity contribution is 5.92. The number of aromatic nitrogens is 4. The van der Waals surface area contributed by atoms with E-state index in [1.807, 2.05) is 31.2 Å². The lowest BCUT2D eigenvalue weighted by Gasteiger charge is -2.10. The van der Waals surface area contributed by atoms with Gasteiger partial charge in [0.1, 0.15) is 11.7 Å². The van der Waals surface area contributed by atoms with Gasteiger partial charge in [-0.15, -0.1) is 0 Å². The van der Waals surface area contributed by atoms with Gasteiger partial charge in [0.25, 0.3) is 5.91 Å². The number of carbonyl (C=O) groups excluding carboxylic acids is 1. The Morgan fingerprint density at radius 1 is 1.27 bits per heavy atom. The highest BCUT2D eigenvalue weighted by Crippen LogP contribution is 2.20. The first-order valence-corrected chi connectivity index (χ1v) is 7.91. The Morgan fingerprint density at radius 2 is 2.04 bits per heavy atom. The number of hydrogen-bond acceptors (Lipinski definition) is 5. The van der Waals surface area contributed by atoms with Gasteiger partial charge in [-0.1, -0.05) is 28.9 Å². The van der Waals surface area contributed by atoms with Gasteiger partial charge in [-0.2, -0.15) is 23.5 Å². The number of nitrogens with zero attached hydrogens (tertiary/aromatic N) is 4. The van der Waals surface area contributed by atoms with Crippen molar-refractivity contribution >= 4 is 5.91 Å². The molecule has 0 aliphatic heterocycles. The molecule has 0 unspecified atom stereocenters. The molecular formula is C17H17F2N5O2. The summed E-state index contributed by atoms with van der Waals surface area (Å²) in [6, 6.07) is 8.20. The third kappa shape index (κ3) is 3.61. The maximum absolute atomic E-state index is 13.0. The van der Waals surface area contributed by atoms with Gasteiger partial charge in [0, 0.05) is 5.56 Å². The van der Waals surface area contributed by atoms with Crippen molar-refractivity contribution in [1.82, 2.24) is 25.2 Å². The normalized spacial score (nSPS) is 12.4. The van der Waals surface area contributed by atoms with E-state index in [0.717, 1.165) is 11.1 Å². The van der Waals surface area contributed by atoms with Crippen LogP contribution in [0.25, 0.3) is 11.4 Å². The van der Waals surface area contributed by atoms with Gasteiger partial charge in [-0.05, 0) is 32.9 Å². The van der Waals surface area contributed by atoms with E-state index in [1.165, 1.54) is 13.0 Å².